The summed E-state index contributed by atoms with van der Waals surface area (Å²) in [5, 5.41) is 5.72. The van der Waals surface area contributed by atoms with Crippen molar-refractivity contribution in [2.75, 3.05) is 17.2 Å². The normalized spacial score (nSPS) is 13.6. The maximum Gasteiger partial charge on any atom is 0.262 e. The van der Waals surface area contributed by atoms with Crippen molar-refractivity contribution in [2.45, 2.75) is 12.3 Å². The van der Waals surface area contributed by atoms with E-state index in [2.05, 4.69) is 15.6 Å². The number of aromatic nitrogens is 1. The summed E-state index contributed by atoms with van der Waals surface area (Å²) in [7, 11) is 0. The van der Waals surface area contributed by atoms with Crippen LogP contribution in [0.15, 0.2) is 73.1 Å². The van der Waals surface area contributed by atoms with E-state index in [4.69, 9.17) is 4.74 Å². The SMILES string of the molecule is O=C1COc2c(cccc2NC(=O)C(Cc2cccnc2)c2ccccc2)N1. The molecule has 0 radical (unpaired) electrons. The highest BCUT2D eigenvalue weighted by molar-refractivity contribution is 6.01. The van der Waals surface area contributed by atoms with Crippen LogP contribution in [0.5, 0.6) is 5.75 Å². The topological polar surface area (TPSA) is 80.3 Å². The second kappa shape index (κ2) is 7.92. The van der Waals surface area contributed by atoms with Crippen LogP contribution >= 0.6 is 0 Å². The molecule has 6 nitrogen and oxygen atoms in total. The molecule has 140 valence electrons. The number of hydrogen-bond acceptors (Lipinski definition) is 4. The second-order valence-corrected chi connectivity index (χ2v) is 6.54. The van der Waals surface area contributed by atoms with Crippen LogP contribution < -0.4 is 15.4 Å². The van der Waals surface area contributed by atoms with Crippen LogP contribution in [-0.4, -0.2) is 23.4 Å². The Morgan fingerprint density at radius 2 is 1.96 bits per heavy atom. The van der Waals surface area contributed by atoms with E-state index >= 15 is 0 Å². The van der Waals surface area contributed by atoms with Gasteiger partial charge in [-0.1, -0.05) is 42.5 Å². The lowest BCUT2D eigenvalue weighted by Crippen LogP contribution is -2.27. The van der Waals surface area contributed by atoms with Gasteiger partial charge in [0.25, 0.3) is 5.91 Å². The van der Waals surface area contributed by atoms with Crippen molar-refractivity contribution in [2.24, 2.45) is 0 Å². The van der Waals surface area contributed by atoms with Crippen LogP contribution in [-0.2, 0) is 16.0 Å². The first-order valence-corrected chi connectivity index (χ1v) is 9.01. The summed E-state index contributed by atoms with van der Waals surface area (Å²) >= 11 is 0. The minimum atomic E-state index is -0.389. The van der Waals surface area contributed by atoms with Gasteiger partial charge in [0.05, 0.1) is 17.3 Å². The summed E-state index contributed by atoms with van der Waals surface area (Å²) in [5.41, 5.74) is 2.99. The maximum absolute atomic E-state index is 13.2. The number of rotatable bonds is 5. The third-order valence-corrected chi connectivity index (χ3v) is 4.58. The monoisotopic (exact) mass is 373 g/mol. The summed E-state index contributed by atoms with van der Waals surface area (Å²) < 4.78 is 5.53. The number of fused-ring (bicyclic) bond motifs is 1. The molecule has 0 saturated carbocycles. The summed E-state index contributed by atoms with van der Waals surface area (Å²) in [6.07, 6.45) is 4.01. The van der Waals surface area contributed by atoms with Crippen LogP contribution in [0.3, 0.4) is 0 Å². The van der Waals surface area contributed by atoms with Gasteiger partial charge in [-0.05, 0) is 35.7 Å². The Kier molecular flexibility index (Phi) is 5.01. The molecular formula is C22H19N3O3. The Bertz CT molecular complexity index is 990. The van der Waals surface area contributed by atoms with Gasteiger partial charge < -0.3 is 15.4 Å². The molecule has 1 aromatic heterocycles. The smallest absolute Gasteiger partial charge is 0.262 e. The van der Waals surface area contributed by atoms with Crippen LogP contribution in [0.1, 0.15) is 17.0 Å². The molecule has 3 aromatic rings. The Labute approximate surface area is 162 Å². The van der Waals surface area contributed by atoms with Crippen molar-refractivity contribution in [1.82, 2.24) is 4.98 Å². The number of hydrogen-bond donors (Lipinski definition) is 2. The molecule has 4 rings (SSSR count). The molecule has 2 aromatic carbocycles. The Morgan fingerprint density at radius 3 is 2.75 bits per heavy atom. The van der Waals surface area contributed by atoms with E-state index in [0.29, 0.717) is 23.5 Å². The molecule has 28 heavy (non-hydrogen) atoms. The number of nitrogens with zero attached hydrogens (tertiary/aromatic N) is 1. The number of anilines is 2. The molecule has 6 heteroatoms. The molecule has 0 spiro atoms. The zero-order valence-corrected chi connectivity index (χ0v) is 15.1. The van der Waals surface area contributed by atoms with E-state index in [1.165, 1.54) is 0 Å². The molecule has 2 amide bonds. The fraction of sp³-hybridized carbons (Fsp3) is 0.136. The van der Waals surface area contributed by atoms with Gasteiger partial charge >= 0.3 is 0 Å². The third kappa shape index (κ3) is 3.86. The summed E-state index contributed by atoms with van der Waals surface area (Å²) in [5.74, 6) is -0.276. The van der Waals surface area contributed by atoms with Crippen molar-refractivity contribution < 1.29 is 14.3 Å². The van der Waals surface area contributed by atoms with Crippen LogP contribution in [0, 0.1) is 0 Å². The lowest BCUT2D eigenvalue weighted by atomic mass is 9.91. The Balaban J connectivity index is 1.61. The molecule has 2 N–H and O–H groups in total. The lowest BCUT2D eigenvalue weighted by molar-refractivity contribution is -0.118. The van der Waals surface area contributed by atoms with Crippen molar-refractivity contribution in [3.8, 4) is 5.75 Å². The van der Waals surface area contributed by atoms with Crippen molar-refractivity contribution in [3.05, 3.63) is 84.2 Å². The number of para-hydroxylation sites is 1. The number of pyridine rings is 1. The first-order valence-electron chi connectivity index (χ1n) is 9.01. The predicted octanol–water partition coefficient (Wildman–Crippen LogP) is 3.38. The molecule has 0 bridgehead atoms. The van der Waals surface area contributed by atoms with Crippen LogP contribution in [0.4, 0.5) is 11.4 Å². The quantitative estimate of drug-likeness (QED) is 0.719. The fourth-order valence-electron chi connectivity index (χ4n) is 3.24. The van der Waals surface area contributed by atoms with Gasteiger partial charge in [0.15, 0.2) is 12.4 Å². The minimum Gasteiger partial charge on any atom is -0.479 e. The summed E-state index contributed by atoms with van der Waals surface area (Å²) in [6.45, 7) is -0.0717. The number of ether oxygens (including phenoxy) is 1. The van der Waals surface area contributed by atoms with Crippen molar-refractivity contribution in [1.29, 1.82) is 0 Å². The average molecular weight is 373 g/mol. The highest BCUT2D eigenvalue weighted by Gasteiger charge is 2.25. The zero-order chi connectivity index (χ0) is 19.3. The number of amides is 2. The highest BCUT2D eigenvalue weighted by atomic mass is 16.5. The first kappa shape index (κ1) is 17.7. The van der Waals surface area contributed by atoms with Gasteiger partial charge in [-0.25, -0.2) is 0 Å². The van der Waals surface area contributed by atoms with E-state index in [-0.39, 0.29) is 24.3 Å². The standard InChI is InChI=1S/C22H19N3O3/c26-20-14-28-21-18(24-20)9-4-10-19(21)25-22(27)17(16-7-2-1-3-8-16)12-15-6-5-11-23-13-15/h1-11,13,17H,12,14H2,(H,24,26)(H,25,27). The molecule has 1 aliphatic heterocycles. The molecule has 0 saturated heterocycles. The van der Waals surface area contributed by atoms with Gasteiger partial charge in [0.1, 0.15) is 0 Å². The van der Waals surface area contributed by atoms with Crippen molar-refractivity contribution >= 4 is 23.2 Å². The van der Waals surface area contributed by atoms with Gasteiger partial charge in [0.2, 0.25) is 5.91 Å². The highest BCUT2D eigenvalue weighted by Crippen LogP contribution is 2.36. The molecule has 0 aliphatic carbocycles. The van der Waals surface area contributed by atoms with Gasteiger partial charge in [-0.15, -0.1) is 0 Å². The third-order valence-electron chi connectivity index (χ3n) is 4.58. The molecule has 1 atom stereocenters. The average Bonchev–Trinajstić information content (AvgIpc) is 2.73. The number of carbonyl (C=O) groups excluding carboxylic acids is 2. The van der Waals surface area contributed by atoms with Gasteiger partial charge in [0, 0.05) is 12.4 Å². The molecule has 0 fully saturated rings. The maximum atomic E-state index is 13.2. The number of carbonyl (C=O) groups is 2. The zero-order valence-electron chi connectivity index (χ0n) is 15.1. The Morgan fingerprint density at radius 1 is 1.11 bits per heavy atom. The van der Waals surface area contributed by atoms with E-state index in [1.54, 1.807) is 30.6 Å². The van der Waals surface area contributed by atoms with Crippen LogP contribution in [0.25, 0.3) is 0 Å². The number of nitrogens with one attached hydrogen (secondary N) is 2. The molecule has 1 unspecified atom stereocenters. The predicted molar refractivity (Wildman–Crippen MR) is 106 cm³/mol. The van der Waals surface area contributed by atoms with E-state index in [1.807, 2.05) is 42.5 Å². The largest absolute Gasteiger partial charge is 0.479 e. The van der Waals surface area contributed by atoms with E-state index in [0.717, 1.165) is 11.1 Å². The first-order chi connectivity index (χ1) is 13.7. The molecule has 1 aliphatic rings. The summed E-state index contributed by atoms with van der Waals surface area (Å²) in [6, 6.07) is 18.7. The Hall–Kier alpha value is -3.67. The van der Waals surface area contributed by atoms with Crippen molar-refractivity contribution in [3.63, 3.8) is 0 Å². The fourth-order valence-corrected chi connectivity index (χ4v) is 3.24. The van der Waals surface area contributed by atoms with Crippen LogP contribution in [0.2, 0.25) is 0 Å². The minimum absolute atomic E-state index is 0.0717. The second-order valence-electron chi connectivity index (χ2n) is 6.54. The van der Waals surface area contributed by atoms with E-state index in [9.17, 15) is 9.59 Å². The number of benzene rings is 2. The lowest BCUT2D eigenvalue weighted by Gasteiger charge is -2.22. The van der Waals surface area contributed by atoms with E-state index < -0.39 is 0 Å². The molecular weight excluding hydrogens is 354 g/mol. The molecule has 2 heterocycles. The van der Waals surface area contributed by atoms with Gasteiger partial charge in [-0.3, -0.25) is 14.6 Å². The summed E-state index contributed by atoms with van der Waals surface area (Å²) in [4.78, 5) is 28.9. The van der Waals surface area contributed by atoms with Gasteiger partial charge in [-0.2, -0.15) is 0 Å².